The van der Waals surface area contributed by atoms with Gasteiger partial charge in [-0.15, -0.1) is 0 Å². The third-order valence-electron chi connectivity index (χ3n) is 3.40. The van der Waals surface area contributed by atoms with Crippen LogP contribution in [-0.2, 0) is 20.1 Å². The van der Waals surface area contributed by atoms with Crippen LogP contribution >= 0.6 is 0 Å². The van der Waals surface area contributed by atoms with Crippen molar-refractivity contribution in [2.45, 2.75) is 13.1 Å². The number of carboxylic acid groups (broad SMARTS) is 1. The second kappa shape index (κ2) is 5.41. The van der Waals surface area contributed by atoms with Gasteiger partial charge >= 0.3 is 5.97 Å². The molecule has 0 saturated carbocycles. The highest BCUT2D eigenvalue weighted by Gasteiger charge is 2.19. The largest absolute Gasteiger partial charge is 0.475 e. The van der Waals surface area contributed by atoms with Crippen LogP contribution in [0, 0.1) is 0 Å². The molecule has 2 heterocycles. The first-order chi connectivity index (χ1) is 10.2. The highest BCUT2D eigenvalue weighted by Crippen LogP contribution is 2.25. The van der Waals surface area contributed by atoms with Gasteiger partial charge in [0, 0.05) is 36.9 Å². The molecule has 0 fully saturated rings. The minimum Gasteiger partial charge on any atom is -0.475 e. The Labute approximate surface area is 121 Å². The number of nitrogens with zero attached hydrogens (tertiary/aromatic N) is 2. The average Bonchev–Trinajstić information content (AvgIpc) is 3.04. The number of imidazole rings is 1. The van der Waals surface area contributed by atoms with Crippen LogP contribution in [0.15, 0.2) is 41.1 Å². The molecule has 0 amide bonds. The van der Waals surface area contributed by atoms with Crippen molar-refractivity contribution in [2.24, 2.45) is 7.05 Å². The number of furan rings is 1. The third-order valence-corrected chi connectivity index (χ3v) is 3.40. The van der Waals surface area contributed by atoms with Crippen molar-refractivity contribution >= 4 is 16.9 Å². The number of benzene rings is 1. The zero-order valence-electron chi connectivity index (χ0n) is 11.5. The maximum atomic E-state index is 11.3. The normalized spacial score (nSPS) is 11.1. The Hall–Kier alpha value is -2.60. The van der Waals surface area contributed by atoms with Crippen molar-refractivity contribution in [3.05, 3.63) is 53.8 Å². The molecule has 108 valence electrons. The standard InChI is InChI=1S/C15H15N3O3/c1-18-7-6-17-13(18)9-16-8-11-10-4-2-3-5-12(10)21-14(11)15(19)20/h2-7,16H,8-9H2,1H3,(H,19,20). The molecule has 0 aliphatic heterocycles. The van der Waals surface area contributed by atoms with Crippen LogP contribution in [0.4, 0.5) is 0 Å². The van der Waals surface area contributed by atoms with Crippen molar-refractivity contribution in [3.63, 3.8) is 0 Å². The number of aromatic carboxylic acids is 1. The van der Waals surface area contributed by atoms with Crippen LogP contribution in [0.3, 0.4) is 0 Å². The van der Waals surface area contributed by atoms with Crippen LogP contribution in [0.1, 0.15) is 21.9 Å². The molecule has 21 heavy (non-hydrogen) atoms. The highest BCUT2D eigenvalue weighted by molar-refractivity contribution is 5.95. The zero-order valence-corrected chi connectivity index (χ0v) is 11.5. The third kappa shape index (κ3) is 2.53. The molecule has 0 atom stereocenters. The lowest BCUT2D eigenvalue weighted by atomic mass is 10.1. The first kappa shape index (κ1) is 13.4. The van der Waals surface area contributed by atoms with E-state index in [1.54, 1.807) is 12.3 Å². The average molecular weight is 285 g/mol. The van der Waals surface area contributed by atoms with E-state index in [2.05, 4.69) is 10.3 Å². The molecule has 6 heteroatoms. The predicted molar refractivity (Wildman–Crippen MR) is 76.9 cm³/mol. The summed E-state index contributed by atoms with van der Waals surface area (Å²) in [4.78, 5) is 15.5. The summed E-state index contributed by atoms with van der Waals surface area (Å²) >= 11 is 0. The van der Waals surface area contributed by atoms with E-state index in [0.29, 0.717) is 24.2 Å². The Balaban J connectivity index is 1.84. The summed E-state index contributed by atoms with van der Waals surface area (Å²) in [5, 5.41) is 13.3. The smallest absolute Gasteiger partial charge is 0.372 e. The lowest BCUT2D eigenvalue weighted by Gasteiger charge is -2.05. The number of fused-ring (bicyclic) bond motifs is 1. The van der Waals surface area contributed by atoms with Gasteiger partial charge in [0.1, 0.15) is 11.4 Å². The molecular weight excluding hydrogens is 270 g/mol. The van der Waals surface area contributed by atoms with Gasteiger partial charge in [-0.25, -0.2) is 9.78 Å². The van der Waals surface area contributed by atoms with Gasteiger partial charge in [0.05, 0.1) is 6.54 Å². The van der Waals surface area contributed by atoms with E-state index >= 15 is 0 Å². The van der Waals surface area contributed by atoms with Gasteiger partial charge in [-0.2, -0.15) is 0 Å². The molecule has 1 aromatic carbocycles. The molecular formula is C15H15N3O3. The number of hydrogen-bond acceptors (Lipinski definition) is 4. The molecule has 0 bridgehead atoms. The number of para-hydroxylation sites is 1. The first-order valence-corrected chi connectivity index (χ1v) is 6.57. The number of carbonyl (C=O) groups is 1. The minimum absolute atomic E-state index is 0.0106. The number of aryl methyl sites for hydroxylation is 1. The molecule has 2 N–H and O–H groups in total. The van der Waals surface area contributed by atoms with Gasteiger partial charge < -0.3 is 19.4 Å². The van der Waals surface area contributed by atoms with Crippen molar-refractivity contribution in [2.75, 3.05) is 0 Å². The number of aromatic nitrogens is 2. The molecule has 3 rings (SSSR count). The molecule has 2 aromatic heterocycles. The topological polar surface area (TPSA) is 80.3 Å². The Morgan fingerprint density at radius 3 is 2.90 bits per heavy atom. The fourth-order valence-electron chi connectivity index (χ4n) is 2.31. The van der Waals surface area contributed by atoms with E-state index in [4.69, 9.17) is 4.42 Å². The second-order valence-corrected chi connectivity index (χ2v) is 4.77. The molecule has 0 spiro atoms. The summed E-state index contributed by atoms with van der Waals surface area (Å²) in [6.45, 7) is 0.966. The van der Waals surface area contributed by atoms with E-state index in [0.717, 1.165) is 11.2 Å². The second-order valence-electron chi connectivity index (χ2n) is 4.77. The quantitative estimate of drug-likeness (QED) is 0.751. The molecule has 0 aliphatic rings. The van der Waals surface area contributed by atoms with Gasteiger partial charge in [0.2, 0.25) is 5.76 Å². The number of hydrogen-bond donors (Lipinski definition) is 2. The minimum atomic E-state index is -1.06. The van der Waals surface area contributed by atoms with Gasteiger partial charge in [0.25, 0.3) is 0 Å². The summed E-state index contributed by atoms with van der Waals surface area (Å²) in [5.41, 5.74) is 1.25. The van der Waals surface area contributed by atoms with E-state index in [1.807, 2.05) is 36.0 Å². The van der Waals surface area contributed by atoms with Crippen LogP contribution in [0.2, 0.25) is 0 Å². The number of carboxylic acids is 1. The molecule has 3 aromatic rings. The zero-order chi connectivity index (χ0) is 14.8. The fourth-order valence-corrected chi connectivity index (χ4v) is 2.31. The maximum absolute atomic E-state index is 11.3. The summed E-state index contributed by atoms with van der Waals surface area (Å²) in [5.74, 6) is -0.178. The Kier molecular flexibility index (Phi) is 3.45. The summed E-state index contributed by atoms with van der Waals surface area (Å²) in [6, 6.07) is 7.32. The summed E-state index contributed by atoms with van der Waals surface area (Å²) in [7, 11) is 1.92. The molecule has 0 radical (unpaired) electrons. The Bertz CT molecular complexity index is 788. The van der Waals surface area contributed by atoms with E-state index in [-0.39, 0.29) is 5.76 Å². The van der Waals surface area contributed by atoms with Gasteiger partial charge in [-0.3, -0.25) is 0 Å². The van der Waals surface area contributed by atoms with Crippen LogP contribution < -0.4 is 5.32 Å². The van der Waals surface area contributed by atoms with Crippen LogP contribution in [0.5, 0.6) is 0 Å². The monoisotopic (exact) mass is 285 g/mol. The number of rotatable bonds is 5. The van der Waals surface area contributed by atoms with Crippen molar-refractivity contribution in [3.8, 4) is 0 Å². The van der Waals surface area contributed by atoms with Crippen molar-refractivity contribution in [1.29, 1.82) is 0 Å². The number of nitrogens with one attached hydrogen (secondary N) is 1. The SMILES string of the molecule is Cn1ccnc1CNCc1c(C(=O)O)oc2ccccc12. The van der Waals surface area contributed by atoms with E-state index < -0.39 is 5.97 Å². The van der Waals surface area contributed by atoms with Gasteiger partial charge in [-0.05, 0) is 6.07 Å². The molecule has 0 unspecified atom stereocenters. The Morgan fingerprint density at radius 2 is 2.19 bits per heavy atom. The summed E-state index contributed by atoms with van der Waals surface area (Å²) in [6.07, 6.45) is 3.60. The molecule has 0 saturated heterocycles. The molecule has 6 nitrogen and oxygen atoms in total. The van der Waals surface area contributed by atoms with Gasteiger partial charge in [0.15, 0.2) is 0 Å². The predicted octanol–water partition coefficient (Wildman–Crippen LogP) is 2.15. The highest BCUT2D eigenvalue weighted by atomic mass is 16.4. The van der Waals surface area contributed by atoms with Crippen molar-refractivity contribution in [1.82, 2.24) is 14.9 Å². The van der Waals surface area contributed by atoms with Crippen LogP contribution in [0.25, 0.3) is 11.0 Å². The Morgan fingerprint density at radius 1 is 1.38 bits per heavy atom. The fraction of sp³-hybridized carbons (Fsp3) is 0.200. The van der Waals surface area contributed by atoms with E-state index in [9.17, 15) is 9.90 Å². The first-order valence-electron chi connectivity index (χ1n) is 6.57. The van der Waals surface area contributed by atoms with Crippen molar-refractivity contribution < 1.29 is 14.3 Å². The van der Waals surface area contributed by atoms with Gasteiger partial charge in [-0.1, -0.05) is 18.2 Å². The van der Waals surface area contributed by atoms with Crippen LogP contribution in [-0.4, -0.2) is 20.6 Å². The summed E-state index contributed by atoms with van der Waals surface area (Å²) < 4.78 is 7.33. The van der Waals surface area contributed by atoms with E-state index in [1.165, 1.54) is 0 Å². The lowest BCUT2D eigenvalue weighted by molar-refractivity contribution is 0.0663. The lowest BCUT2D eigenvalue weighted by Crippen LogP contribution is -2.17. The maximum Gasteiger partial charge on any atom is 0.372 e. The molecule has 0 aliphatic carbocycles.